The quantitative estimate of drug-likeness (QED) is 0.426. The summed E-state index contributed by atoms with van der Waals surface area (Å²) >= 11 is 0. The van der Waals surface area contributed by atoms with Crippen LogP contribution in [0.3, 0.4) is 0 Å². The van der Waals surface area contributed by atoms with E-state index in [2.05, 4.69) is 41.1 Å². The molecule has 5 aromatic rings. The molecule has 0 radical (unpaired) electrons. The normalized spacial score (nSPS) is 14.5. The van der Waals surface area contributed by atoms with Gasteiger partial charge in [0, 0.05) is 41.6 Å². The summed E-state index contributed by atoms with van der Waals surface area (Å²) in [6.45, 7) is 3.97. The molecule has 1 aliphatic heterocycles. The summed E-state index contributed by atoms with van der Waals surface area (Å²) in [7, 11) is 0. The number of nitrogens with one attached hydrogen (secondary N) is 2. The number of pyridine rings is 3. The lowest BCUT2D eigenvalue weighted by atomic mass is 10.1. The second kappa shape index (κ2) is 8.05. The first-order valence-corrected chi connectivity index (χ1v) is 10.9. The Labute approximate surface area is 184 Å². The highest BCUT2D eigenvalue weighted by molar-refractivity contribution is 5.95. The molecule has 0 saturated carbocycles. The SMILES string of the molecule is c1cnc2cc(-c3[nH]nc4ncc(-c5cncc(OCCN6CCCC6)c5)cc34)[nH]c2c1. The van der Waals surface area contributed by atoms with Gasteiger partial charge in [-0.3, -0.25) is 20.0 Å². The summed E-state index contributed by atoms with van der Waals surface area (Å²) in [4.78, 5) is 19.2. The Hall–Kier alpha value is -3.78. The zero-order valence-electron chi connectivity index (χ0n) is 17.6. The van der Waals surface area contributed by atoms with Gasteiger partial charge in [0.25, 0.3) is 0 Å². The molecule has 0 amide bonds. The van der Waals surface area contributed by atoms with Crippen LogP contribution in [-0.4, -0.2) is 61.3 Å². The van der Waals surface area contributed by atoms with E-state index in [4.69, 9.17) is 4.74 Å². The molecule has 8 nitrogen and oxygen atoms in total. The molecule has 5 aromatic heterocycles. The molecule has 6 heterocycles. The Kier molecular flexibility index (Phi) is 4.77. The van der Waals surface area contributed by atoms with E-state index in [0.717, 1.165) is 51.2 Å². The van der Waals surface area contributed by atoms with Crippen molar-refractivity contribution < 1.29 is 4.74 Å². The number of ether oxygens (including phenoxy) is 1. The van der Waals surface area contributed by atoms with Gasteiger partial charge in [0.2, 0.25) is 0 Å². The largest absolute Gasteiger partial charge is 0.491 e. The van der Waals surface area contributed by atoms with Gasteiger partial charge >= 0.3 is 0 Å². The molecule has 0 aliphatic carbocycles. The first kappa shape index (κ1) is 18.9. The van der Waals surface area contributed by atoms with Crippen molar-refractivity contribution in [3.05, 3.63) is 55.1 Å². The third-order valence-electron chi connectivity index (χ3n) is 5.99. The minimum absolute atomic E-state index is 0.668. The molecule has 2 N–H and O–H groups in total. The summed E-state index contributed by atoms with van der Waals surface area (Å²) in [5.41, 5.74) is 6.31. The number of hydrogen-bond donors (Lipinski definition) is 2. The van der Waals surface area contributed by atoms with Crippen molar-refractivity contribution in [2.45, 2.75) is 12.8 Å². The number of likely N-dealkylation sites (tertiary alicyclic amines) is 1. The molecule has 1 saturated heterocycles. The zero-order chi connectivity index (χ0) is 21.3. The number of H-pyrrole nitrogens is 2. The molecule has 32 heavy (non-hydrogen) atoms. The van der Waals surface area contributed by atoms with Gasteiger partial charge in [0.15, 0.2) is 5.65 Å². The third-order valence-corrected chi connectivity index (χ3v) is 5.99. The third kappa shape index (κ3) is 3.58. The number of aromatic nitrogens is 6. The second-order valence-electron chi connectivity index (χ2n) is 8.12. The Morgan fingerprint density at radius 2 is 1.91 bits per heavy atom. The smallest absolute Gasteiger partial charge is 0.181 e. The highest BCUT2D eigenvalue weighted by Gasteiger charge is 2.14. The van der Waals surface area contributed by atoms with E-state index in [1.165, 1.54) is 25.9 Å². The predicted molar refractivity (Wildman–Crippen MR) is 123 cm³/mol. The topological polar surface area (TPSA) is 95.6 Å². The average Bonchev–Trinajstić information content (AvgIpc) is 3.58. The van der Waals surface area contributed by atoms with Gasteiger partial charge in [-0.2, -0.15) is 5.10 Å². The summed E-state index contributed by atoms with van der Waals surface area (Å²) in [6, 6.07) is 10.1. The monoisotopic (exact) mass is 425 g/mol. The number of rotatable bonds is 6. The summed E-state index contributed by atoms with van der Waals surface area (Å²) < 4.78 is 5.97. The van der Waals surface area contributed by atoms with E-state index in [0.29, 0.717) is 12.3 Å². The lowest BCUT2D eigenvalue weighted by molar-refractivity contribution is 0.237. The lowest BCUT2D eigenvalue weighted by Crippen LogP contribution is -2.25. The highest BCUT2D eigenvalue weighted by atomic mass is 16.5. The van der Waals surface area contributed by atoms with Crippen molar-refractivity contribution in [1.82, 2.24) is 35.0 Å². The van der Waals surface area contributed by atoms with Crippen molar-refractivity contribution in [3.63, 3.8) is 0 Å². The molecule has 0 spiro atoms. The molecule has 1 fully saturated rings. The van der Waals surface area contributed by atoms with Crippen molar-refractivity contribution in [2.75, 3.05) is 26.2 Å². The Morgan fingerprint density at radius 1 is 1.00 bits per heavy atom. The van der Waals surface area contributed by atoms with Crippen LogP contribution < -0.4 is 4.74 Å². The Morgan fingerprint density at radius 3 is 2.81 bits per heavy atom. The van der Waals surface area contributed by atoms with Crippen LogP contribution in [0.5, 0.6) is 5.75 Å². The fourth-order valence-electron chi connectivity index (χ4n) is 4.31. The van der Waals surface area contributed by atoms with E-state index in [1.54, 1.807) is 12.4 Å². The van der Waals surface area contributed by atoms with Crippen LogP contribution in [0.4, 0.5) is 0 Å². The molecular formula is C24H23N7O. The van der Waals surface area contributed by atoms with Crippen LogP contribution in [-0.2, 0) is 0 Å². The van der Waals surface area contributed by atoms with E-state index < -0.39 is 0 Å². The molecule has 160 valence electrons. The van der Waals surface area contributed by atoms with Gasteiger partial charge in [-0.15, -0.1) is 0 Å². The number of hydrogen-bond acceptors (Lipinski definition) is 6. The molecule has 0 aromatic carbocycles. The molecule has 0 bridgehead atoms. The maximum Gasteiger partial charge on any atom is 0.181 e. The zero-order valence-corrected chi connectivity index (χ0v) is 17.6. The van der Waals surface area contributed by atoms with Gasteiger partial charge in [-0.25, -0.2) is 4.98 Å². The lowest BCUT2D eigenvalue weighted by Gasteiger charge is -2.15. The average molecular weight is 425 g/mol. The first-order chi connectivity index (χ1) is 15.8. The first-order valence-electron chi connectivity index (χ1n) is 10.9. The van der Waals surface area contributed by atoms with E-state index in [1.807, 2.05) is 36.7 Å². The number of nitrogens with zero attached hydrogens (tertiary/aromatic N) is 5. The molecule has 0 atom stereocenters. The van der Waals surface area contributed by atoms with Crippen molar-refractivity contribution >= 4 is 22.1 Å². The summed E-state index contributed by atoms with van der Waals surface area (Å²) in [5, 5.41) is 8.43. The molecule has 0 unspecified atom stereocenters. The molecule has 8 heteroatoms. The van der Waals surface area contributed by atoms with Gasteiger partial charge in [0.1, 0.15) is 12.4 Å². The standard InChI is InChI=1S/C24H23N7O/c1-2-7-31(6-1)8-9-32-18-10-16(13-25-15-18)17-11-19-23(29-30-24(19)27-14-17)22-12-21-20(28-22)4-3-5-26-21/h3-5,10-15,28H,1-2,6-9H2,(H,27,29,30). The molecule has 6 rings (SSSR count). The summed E-state index contributed by atoms with van der Waals surface area (Å²) in [6.07, 6.45) is 9.79. The van der Waals surface area contributed by atoms with E-state index in [-0.39, 0.29) is 0 Å². The van der Waals surface area contributed by atoms with Gasteiger partial charge in [-0.05, 0) is 56.3 Å². The van der Waals surface area contributed by atoms with Gasteiger partial charge < -0.3 is 9.72 Å². The highest BCUT2D eigenvalue weighted by Crippen LogP contribution is 2.31. The number of fused-ring (bicyclic) bond motifs is 2. The maximum atomic E-state index is 5.97. The van der Waals surface area contributed by atoms with Crippen LogP contribution in [0.2, 0.25) is 0 Å². The van der Waals surface area contributed by atoms with Gasteiger partial charge in [0.05, 0.1) is 28.6 Å². The second-order valence-corrected chi connectivity index (χ2v) is 8.12. The van der Waals surface area contributed by atoms with Crippen LogP contribution in [0.1, 0.15) is 12.8 Å². The van der Waals surface area contributed by atoms with Crippen LogP contribution in [0.15, 0.2) is 55.1 Å². The Bertz CT molecular complexity index is 1350. The van der Waals surface area contributed by atoms with Crippen molar-refractivity contribution in [2.24, 2.45) is 0 Å². The van der Waals surface area contributed by atoms with E-state index in [9.17, 15) is 0 Å². The molecular weight excluding hydrogens is 402 g/mol. The van der Waals surface area contributed by atoms with Crippen LogP contribution in [0.25, 0.3) is 44.6 Å². The predicted octanol–water partition coefficient (Wildman–Crippen LogP) is 4.04. The number of aromatic amines is 2. The maximum absolute atomic E-state index is 5.97. The van der Waals surface area contributed by atoms with Crippen LogP contribution >= 0.6 is 0 Å². The fraction of sp³-hybridized carbons (Fsp3) is 0.250. The van der Waals surface area contributed by atoms with Crippen molar-refractivity contribution in [1.29, 1.82) is 0 Å². The van der Waals surface area contributed by atoms with Crippen molar-refractivity contribution in [3.8, 4) is 28.3 Å². The summed E-state index contributed by atoms with van der Waals surface area (Å²) in [5.74, 6) is 0.774. The minimum Gasteiger partial charge on any atom is -0.491 e. The van der Waals surface area contributed by atoms with Crippen LogP contribution in [0, 0.1) is 0 Å². The van der Waals surface area contributed by atoms with E-state index >= 15 is 0 Å². The fourth-order valence-corrected chi connectivity index (χ4v) is 4.31. The minimum atomic E-state index is 0.668. The molecule has 1 aliphatic rings. The Balaban J connectivity index is 1.28. The van der Waals surface area contributed by atoms with Gasteiger partial charge in [-0.1, -0.05) is 0 Å².